The first kappa shape index (κ1) is 34.6. The third kappa shape index (κ3) is 7.21. The molecule has 53 heavy (non-hydrogen) atoms. The average Bonchev–Trinajstić information content (AvgIpc) is 3.62. The molecule has 6 nitrogen and oxygen atoms in total. The smallest absolute Gasteiger partial charge is 0.145 e. The number of benzene rings is 5. The third-order valence-corrected chi connectivity index (χ3v) is 9.12. The van der Waals surface area contributed by atoms with Crippen molar-refractivity contribution in [3.8, 4) is 17.1 Å². The number of hydrogen-bond acceptors (Lipinski definition) is 3. The van der Waals surface area contributed by atoms with Gasteiger partial charge in [-0.1, -0.05) is 98.1 Å². The molecule has 0 atom stereocenters. The maximum absolute atomic E-state index is 5.32. The van der Waals surface area contributed by atoms with Crippen LogP contribution in [0.1, 0.15) is 28.9 Å². The Morgan fingerprint density at radius 3 is 1.89 bits per heavy atom. The molecule has 1 heterocycles. The van der Waals surface area contributed by atoms with Crippen molar-refractivity contribution in [2.45, 2.75) is 12.8 Å². The second kappa shape index (κ2) is 16.0. The van der Waals surface area contributed by atoms with E-state index in [4.69, 9.17) is 15.0 Å². The van der Waals surface area contributed by atoms with Gasteiger partial charge in [0.2, 0.25) is 0 Å². The predicted octanol–water partition coefficient (Wildman–Crippen LogP) is 10.9. The van der Waals surface area contributed by atoms with Gasteiger partial charge >= 0.3 is 0 Å². The molecule has 0 unspecified atom stereocenters. The van der Waals surface area contributed by atoms with E-state index < -0.39 is 0 Å². The number of rotatable bonds is 11. The maximum atomic E-state index is 5.32. The van der Waals surface area contributed by atoms with E-state index in [-0.39, 0.29) is 0 Å². The second-order valence-electron chi connectivity index (χ2n) is 12.6. The van der Waals surface area contributed by atoms with Crippen molar-refractivity contribution in [1.29, 1.82) is 0 Å². The fourth-order valence-corrected chi connectivity index (χ4v) is 6.76. The van der Waals surface area contributed by atoms with Crippen molar-refractivity contribution in [3.05, 3.63) is 206 Å². The highest BCUT2D eigenvalue weighted by Gasteiger charge is 2.26. The number of anilines is 3. The Bertz CT molecular complexity index is 2280. The number of para-hydroxylation sites is 4. The van der Waals surface area contributed by atoms with Gasteiger partial charge in [-0.25, -0.2) is 4.98 Å². The van der Waals surface area contributed by atoms with Crippen molar-refractivity contribution in [1.82, 2.24) is 9.55 Å². The van der Waals surface area contributed by atoms with Crippen molar-refractivity contribution >= 4 is 34.8 Å². The third-order valence-electron chi connectivity index (χ3n) is 9.12. The molecule has 1 aromatic heterocycles. The summed E-state index contributed by atoms with van der Waals surface area (Å²) in [5, 5.41) is 0. The van der Waals surface area contributed by atoms with Gasteiger partial charge in [0.15, 0.2) is 0 Å². The van der Waals surface area contributed by atoms with E-state index in [9.17, 15) is 0 Å². The first-order chi connectivity index (χ1) is 26.1. The van der Waals surface area contributed by atoms with Crippen LogP contribution >= 0.6 is 0 Å². The van der Waals surface area contributed by atoms with Crippen LogP contribution in [0.3, 0.4) is 0 Å². The molecular formula is C47H42N6. The molecule has 0 spiro atoms. The zero-order valence-electron chi connectivity index (χ0n) is 30.0. The summed E-state index contributed by atoms with van der Waals surface area (Å²) in [6, 6.07) is 47.8. The van der Waals surface area contributed by atoms with Crippen LogP contribution in [0.2, 0.25) is 0 Å². The lowest BCUT2D eigenvalue weighted by molar-refractivity contribution is 0.878. The number of aromatic nitrogens is 2. The summed E-state index contributed by atoms with van der Waals surface area (Å²) in [6.45, 7) is 12.9. The molecule has 0 saturated heterocycles. The second-order valence-corrected chi connectivity index (χ2v) is 12.6. The summed E-state index contributed by atoms with van der Waals surface area (Å²) >= 11 is 0. The summed E-state index contributed by atoms with van der Waals surface area (Å²) in [4.78, 5) is 19.7. The average molecular weight is 691 g/mol. The molecular weight excluding hydrogens is 649 g/mol. The van der Waals surface area contributed by atoms with E-state index in [0.717, 1.165) is 69.6 Å². The molecule has 0 N–H and O–H groups in total. The minimum Gasteiger partial charge on any atom is -0.296 e. The van der Waals surface area contributed by atoms with E-state index in [1.54, 1.807) is 12.2 Å². The lowest BCUT2D eigenvalue weighted by atomic mass is 10.0. The molecule has 6 aromatic rings. The van der Waals surface area contributed by atoms with Gasteiger partial charge in [0.25, 0.3) is 0 Å². The molecule has 0 saturated carbocycles. The molecule has 7 rings (SSSR count). The number of aliphatic imine (C=N–C) groups is 2. The normalized spacial score (nSPS) is 12.5. The minimum atomic E-state index is 0.398. The van der Waals surface area contributed by atoms with Crippen molar-refractivity contribution in [2.24, 2.45) is 9.98 Å². The molecule has 6 heteroatoms. The topological polar surface area (TPSA) is 49.0 Å². The number of imidazole rings is 1. The van der Waals surface area contributed by atoms with Gasteiger partial charge in [-0.05, 0) is 91.7 Å². The van der Waals surface area contributed by atoms with Gasteiger partial charge in [0.05, 0.1) is 17.9 Å². The van der Waals surface area contributed by atoms with E-state index in [2.05, 4.69) is 120 Å². The fourth-order valence-electron chi connectivity index (χ4n) is 6.76. The van der Waals surface area contributed by atoms with Gasteiger partial charge in [-0.3, -0.25) is 24.4 Å². The zero-order valence-corrected chi connectivity index (χ0v) is 30.0. The number of allylic oxidation sites excluding steroid dienone is 2. The Balaban J connectivity index is 1.53. The van der Waals surface area contributed by atoms with Gasteiger partial charge in [0.1, 0.15) is 17.5 Å². The highest BCUT2D eigenvalue weighted by atomic mass is 15.2. The fraction of sp³-hybridized carbons (Fsp3) is 0.0851. The number of nitrogens with zero attached hydrogens (tertiary/aromatic N) is 6. The molecule has 1 aliphatic carbocycles. The molecule has 0 bridgehead atoms. The van der Waals surface area contributed by atoms with E-state index in [0.29, 0.717) is 18.1 Å². The lowest BCUT2D eigenvalue weighted by Crippen LogP contribution is -2.31. The van der Waals surface area contributed by atoms with Gasteiger partial charge in [0, 0.05) is 52.2 Å². The summed E-state index contributed by atoms with van der Waals surface area (Å²) in [5.74, 6) is 2.31. The van der Waals surface area contributed by atoms with Gasteiger partial charge in [-0.2, -0.15) is 0 Å². The Hall–Kier alpha value is -6.79. The Morgan fingerprint density at radius 1 is 0.755 bits per heavy atom. The molecule has 1 aliphatic rings. The summed E-state index contributed by atoms with van der Waals surface area (Å²) in [5.41, 5.74) is 9.50. The van der Waals surface area contributed by atoms with Crippen molar-refractivity contribution in [3.63, 3.8) is 0 Å². The Morgan fingerprint density at radius 2 is 1.32 bits per heavy atom. The van der Waals surface area contributed by atoms with E-state index >= 15 is 0 Å². The molecule has 0 fully saturated rings. The first-order valence-corrected chi connectivity index (χ1v) is 17.8. The summed E-state index contributed by atoms with van der Waals surface area (Å²) in [6.07, 6.45) is 9.76. The highest BCUT2D eigenvalue weighted by molar-refractivity contribution is 6.18. The number of hydrogen-bond donors (Lipinski definition) is 0. The van der Waals surface area contributed by atoms with Crippen LogP contribution in [-0.4, -0.2) is 34.8 Å². The number of fused-ring (bicyclic) bond motifs is 1. The van der Waals surface area contributed by atoms with Crippen LogP contribution in [0.15, 0.2) is 193 Å². The maximum Gasteiger partial charge on any atom is 0.145 e. The lowest BCUT2D eigenvalue weighted by Gasteiger charge is -2.29. The largest absolute Gasteiger partial charge is 0.296 e. The summed E-state index contributed by atoms with van der Waals surface area (Å²) in [7, 11) is 1.84. The van der Waals surface area contributed by atoms with Crippen LogP contribution in [0.25, 0.3) is 23.2 Å². The predicted molar refractivity (Wildman–Crippen MR) is 224 cm³/mol. The van der Waals surface area contributed by atoms with Crippen LogP contribution in [0.4, 0.5) is 17.1 Å². The van der Waals surface area contributed by atoms with E-state index in [1.807, 2.05) is 72.6 Å². The molecule has 260 valence electrons. The highest BCUT2D eigenvalue weighted by Crippen LogP contribution is 2.35. The summed E-state index contributed by atoms with van der Waals surface area (Å²) < 4.78 is 2.30. The minimum absolute atomic E-state index is 0.398. The van der Waals surface area contributed by atoms with E-state index in [1.165, 1.54) is 5.69 Å². The van der Waals surface area contributed by atoms with Crippen molar-refractivity contribution in [2.75, 3.05) is 23.4 Å². The number of amidine groups is 2. The SMILES string of the molecule is C=CC/N=C(/c1cc(/C(=N/C)N(c2ccccc2)c2ccccc2)cc(-c2nc3c(n2-c2ccccc2)CCC=C3)c1)N(C(=C)C=C)c1ccccc1. The van der Waals surface area contributed by atoms with Crippen molar-refractivity contribution < 1.29 is 0 Å². The Kier molecular flexibility index (Phi) is 10.5. The van der Waals surface area contributed by atoms with Gasteiger partial charge < -0.3 is 0 Å². The molecule has 5 aromatic carbocycles. The van der Waals surface area contributed by atoms with Crippen LogP contribution in [0.5, 0.6) is 0 Å². The zero-order chi connectivity index (χ0) is 36.6. The standard InChI is InChI=1S/C47H42N6/c1-5-31-49-46(51(35(3)6-2)39-21-11-7-12-22-39)37-32-36(45(48-4)52(40-23-13-8-14-24-40)41-25-15-9-16-26-41)33-38(34-37)47-50-43-29-19-20-30-44(43)53(47)42-27-17-10-18-28-42/h5-19,21-29,32-34H,1-3,20,30-31H2,4H3/b48-45-,49-46-. The Labute approximate surface area is 312 Å². The monoisotopic (exact) mass is 690 g/mol. The molecule has 0 aliphatic heterocycles. The molecule has 0 amide bonds. The van der Waals surface area contributed by atoms with Crippen LogP contribution in [0, 0.1) is 0 Å². The first-order valence-electron chi connectivity index (χ1n) is 17.8. The quantitative estimate of drug-likeness (QED) is 0.0588. The van der Waals surface area contributed by atoms with Crippen LogP contribution in [-0.2, 0) is 6.42 Å². The molecule has 0 radical (unpaired) electrons. The van der Waals surface area contributed by atoms with Gasteiger partial charge in [-0.15, -0.1) is 6.58 Å². The van der Waals surface area contributed by atoms with Crippen LogP contribution < -0.4 is 9.80 Å².